The second-order valence-electron chi connectivity index (χ2n) is 17.7. The Bertz CT molecular complexity index is 2960. The number of Topliss-reactive ketones (excluding diaryl/α,β-unsaturated/α-hetero) is 1. The number of rotatable bonds is 19. The van der Waals surface area contributed by atoms with Crippen LogP contribution in [0.2, 0.25) is 0 Å². The third-order valence-electron chi connectivity index (χ3n) is 13.1. The molecule has 6 aromatic rings. The van der Waals surface area contributed by atoms with Gasteiger partial charge in [-0.15, -0.1) is 0 Å². The number of hydrogen-bond acceptors (Lipinski definition) is 10. The van der Waals surface area contributed by atoms with Crippen LogP contribution in [0.5, 0.6) is 0 Å². The van der Waals surface area contributed by atoms with Crippen LogP contribution in [0.4, 0.5) is 10.2 Å². The monoisotopic (exact) mass is 952 g/mol. The fraction of sp³-hybridized carbons (Fsp3) is 0.396. The molecule has 2 N–H and O–H groups in total. The Kier molecular flexibility index (Phi) is 16.4. The molecule has 9 rings (SSSR count). The van der Waals surface area contributed by atoms with Crippen molar-refractivity contribution in [3.63, 3.8) is 0 Å². The number of carbonyl (C=O) groups is 4. The standard InChI is InChI=1S/C26H26FN5O3.C25H29N5O3.C2H6/c1-3-16(23(27)26(34)35)9-10-19-22-21(15(2)33)14-32-25(30-24(19)22)20(12-29-32)17-11-28-31(13-17)18-7-5-4-6-8-18;1-3-18(8-4-5-10-23(32)33)24-20(16-31)15-30-25(28-24)22(13-27-30)19-12-26-29(14-19)21-9-6-7-17(2)11-21;1-2/h4-8,11-14,16,19,22-23H,3,9-10H2,1-2H3,(H,34,35);6,9,11-18H,3-5,7-8,10H2,1-2H3,(H,32,33);1-2H3. The molecule has 1 aromatic carbocycles. The van der Waals surface area contributed by atoms with E-state index in [2.05, 4.69) is 52.5 Å². The Hall–Kier alpha value is -7.43. The second kappa shape index (κ2) is 22.8. The minimum atomic E-state index is -1.89. The van der Waals surface area contributed by atoms with E-state index < -0.39 is 24.0 Å². The van der Waals surface area contributed by atoms with Gasteiger partial charge in [-0.2, -0.15) is 20.4 Å². The van der Waals surface area contributed by atoms with Crippen molar-refractivity contribution in [2.45, 2.75) is 111 Å². The maximum atomic E-state index is 14.1. The molecule has 0 spiro atoms. The number of aliphatic carboxylic acids is 2. The summed E-state index contributed by atoms with van der Waals surface area (Å²) in [6, 6.07) is 9.77. The zero-order valence-electron chi connectivity index (χ0n) is 40.5. The lowest BCUT2D eigenvalue weighted by Crippen LogP contribution is -2.24. The van der Waals surface area contributed by atoms with Crippen LogP contribution in [0.25, 0.3) is 45.5 Å². The molecule has 0 saturated heterocycles. The first kappa shape index (κ1) is 50.4. The number of aliphatic imine (C=N–C) groups is 1. The molecule has 1 fully saturated rings. The summed E-state index contributed by atoms with van der Waals surface area (Å²) in [4.78, 5) is 56.0. The van der Waals surface area contributed by atoms with Crippen molar-refractivity contribution in [3.05, 3.63) is 109 Å². The first-order valence-corrected chi connectivity index (χ1v) is 24.2. The second-order valence-corrected chi connectivity index (χ2v) is 17.7. The molecule has 2 aliphatic carbocycles. The van der Waals surface area contributed by atoms with Gasteiger partial charge in [0.05, 0.1) is 47.4 Å². The van der Waals surface area contributed by atoms with Crippen molar-refractivity contribution >= 4 is 53.1 Å². The normalized spacial score (nSPS) is 18.0. The van der Waals surface area contributed by atoms with Crippen LogP contribution in [0.15, 0.2) is 103 Å². The van der Waals surface area contributed by atoms with Gasteiger partial charge in [0.2, 0.25) is 0 Å². The van der Waals surface area contributed by atoms with E-state index in [1.807, 2.05) is 67.5 Å². The average Bonchev–Trinajstić information content (AvgIpc) is 3.93. The molecule has 70 heavy (non-hydrogen) atoms. The summed E-state index contributed by atoms with van der Waals surface area (Å²) in [5, 5.41) is 35.8. The van der Waals surface area contributed by atoms with Crippen molar-refractivity contribution in [1.82, 2.24) is 43.9 Å². The van der Waals surface area contributed by atoms with Gasteiger partial charge in [0.15, 0.2) is 29.7 Å². The number of nitrogens with zero attached hydrogens (tertiary/aromatic N) is 10. The van der Waals surface area contributed by atoms with Gasteiger partial charge in [-0.25, -0.2) is 37.7 Å². The molecule has 0 radical (unpaired) electrons. The average molecular weight is 953 g/mol. The van der Waals surface area contributed by atoms with E-state index in [1.165, 1.54) is 6.92 Å². The van der Waals surface area contributed by atoms with Crippen LogP contribution in [-0.4, -0.2) is 90.0 Å². The zero-order chi connectivity index (χ0) is 50.1. The highest BCUT2D eigenvalue weighted by molar-refractivity contribution is 6.16. The number of hydrogen-bond donors (Lipinski definition) is 2. The number of benzene rings is 1. The summed E-state index contributed by atoms with van der Waals surface area (Å²) < 4.78 is 21.0. The summed E-state index contributed by atoms with van der Waals surface area (Å²) in [5.74, 6) is -1.81. The quantitative estimate of drug-likeness (QED) is 0.0577. The molecule has 6 heterocycles. The number of allylic oxidation sites excluding steroid dienone is 5. The molecule has 16 nitrogen and oxygen atoms in total. The molecule has 5 aromatic heterocycles. The van der Waals surface area contributed by atoms with E-state index in [0.717, 1.165) is 77.0 Å². The predicted molar refractivity (Wildman–Crippen MR) is 267 cm³/mol. The van der Waals surface area contributed by atoms with Crippen molar-refractivity contribution in [2.75, 3.05) is 0 Å². The number of aromatic nitrogens is 9. The highest BCUT2D eigenvalue weighted by atomic mass is 19.1. The predicted octanol–water partition coefficient (Wildman–Crippen LogP) is 10.7. The summed E-state index contributed by atoms with van der Waals surface area (Å²) in [7, 11) is 0. The topological polar surface area (TPSA) is 205 Å². The van der Waals surface area contributed by atoms with E-state index in [-0.39, 0.29) is 30.0 Å². The number of aldehydes is 1. The van der Waals surface area contributed by atoms with E-state index in [1.54, 1.807) is 51.8 Å². The van der Waals surface area contributed by atoms with Gasteiger partial charge < -0.3 is 10.2 Å². The van der Waals surface area contributed by atoms with E-state index >= 15 is 0 Å². The molecule has 1 saturated carbocycles. The number of halogens is 1. The Morgan fingerprint density at radius 2 is 1.60 bits per heavy atom. The molecule has 366 valence electrons. The lowest BCUT2D eigenvalue weighted by Gasteiger charge is -2.16. The number of carbonyl (C=O) groups excluding carboxylic acids is 2. The van der Waals surface area contributed by atoms with Crippen molar-refractivity contribution in [1.29, 1.82) is 0 Å². The van der Waals surface area contributed by atoms with E-state index in [0.29, 0.717) is 54.2 Å². The maximum absolute atomic E-state index is 14.1. The van der Waals surface area contributed by atoms with Crippen LogP contribution >= 0.6 is 0 Å². The largest absolute Gasteiger partial charge is 0.481 e. The summed E-state index contributed by atoms with van der Waals surface area (Å²) in [6.45, 7) is 11.6. The number of alkyl halides is 1. The molecule has 17 heteroatoms. The molecule has 6 atom stereocenters. The molecule has 3 aliphatic rings. The van der Waals surface area contributed by atoms with Crippen LogP contribution in [0, 0.1) is 23.7 Å². The van der Waals surface area contributed by atoms with Crippen LogP contribution < -0.4 is 0 Å². The Morgan fingerprint density at radius 1 is 0.886 bits per heavy atom. The lowest BCUT2D eigenvalue weighted by atomic mass is 9.92. The number of unbranched alkanes of at least 4 members (excludes halogenated alkanes) is 1. The number of fused-ring (bicyclic) bond motifs is 3. The molecule has 6 unspecified atom stereocenters. The van der Waals surface area contributed by atoms with E-state index in [9.17, 15) is 23.6 Å². The van der Waals surface area contributed by atoms with Gasteiger partial charge in [-0.1, -0.05) is 71.4 Å². The zero-order valence-corrected chi connectivity index (χ0v) is 40.5. The fourth-order valence-electron chi connectivity index (χ4n) is 9.23. The Balaban J connectivity index is 0.000000200. The first-order chi connectivity index (χ1) is 33.9. The van der Waals surface area contributed by atoms with Gasteiger partial charge >= 0.3 is 11.9 Å². The SMILES string of the molecule is CC.CCC(CCC1C2=Nc3c(-c4cnn(-c5ccccc5)c4)cnn3C=C(C(C)=O)C21)C(F)C(=O)O.CCC(CCCCC(=O)O)c1nc2c(-c3cnn(C4=CC(C)CC=C4)c3)cnn2cc1C=O. The van der Waals surface area contributed by atoms with Gasteiger partial charge in [0.25, 0.3) is 0 Å². The number of ketones is 1. The molecular weight excluding hydrogens is 892 g/mol. The van der Waals surface area contributed by atoms with Gasteiger partial charge in [-0.3, -0.25) is 14.4 Å². The molecule has 0 bridgehead atoms. The van der Waals surface area contributed by atoms with E-state index in [4.69, 9.17) is 20.2 Å². The van der Waals surface area contributed by atoms with Crippen LogP contribution in [0.3, 0.4) is 0 Å². The van der Waals surface area contributed by atoms with Crippen molar-refractivity contribution in [3.8, 4) is 27.9 Å². The van der Waals surface area contributed by atoms with Crippen LogP contribution in [0.1, 0.15) is 121 Å². The van der Waals surface area contributed by atoms with Gasteiger partial charge in [0.1, 0.15) is 0 Å². The lowest BCUT2D eigenvalue weighted by molar-refractivity contribution is -0.145. The summed E-state index contributed by atoms with van der Waals surface area (Å²) in [5.41, 5.74) is 8.81. The van der Waals surface area contributed by atoms with Crippen LogP contribution in [-0.2, 0) is 14.4 Å². The minimum Gasteiger partial charge on any atom is -0.481 e. The first-order valence-electron chi connectivity index (χ1n) is 24.2. The van der Waals surface area contributed by atoms with Crippen molar-refractivity contribution in [2.24, 2.45) is 28.7 Å². The summed E-state index contributed by atoms with van der Waals surface area (Å²) >= 11 is 0. The Labute approximate surface area is 406 Å². The third-order valence-corrected chi connectivity index (χ3v) is 13.1. The Morgan fingerprint density at radius 3 is 2.27 bits per heavy atom. The number of para-hydroxylation sites is 1. The van der Waals surface area contributed by atoms with Crippen molar-refractivity contribution < 1.29 is 33.8 Å². The summed E-state index contributed by atoms with van der Waals surface area (Å²) in [6.07, 6.45) is 25.4. The number of carboxylic acids is 2. The maximum Gasteiger partial charge on any atom is 0.338 e. The highest BCUT2D eigenvalue weighted by Crippen LogP contribution is 2.50. The molecule has 0 amide bonds. The molecule has 1 aliphatic heterocycles. The highest BCUT2D eigenvalue weighted by Gasteiger charge is 2.51. The third kappa shape index (κ3) is 11.2. The number of carboxylic acid groups (broad SMARTS) is 2. The molecular formula is C53H61FN10O6. The van der Waals surface area contributed by atoms with Gasteiger partial charge in [-0.05, 0) is 76.0 Å². The fourth-order valence-corrected chi connectivity index (χ4v) is 9.23. The van der Waals surface area contributed by atoms with Gasteiger partial charge in [0, 0.05) is 88.4 Å². The minimum absolute atomic E-state index is 0.0104. The smallest absolute Gasteiger partial charge is 0.338 e.